The Bertz CT molecular complexity index is 475. The topological polar surface area (TPSA) is 78.4 Å². The van der Waals surface area contributed by atoms with Gasteiger partial charge in [0, 0.05) is 24.6 Å². The first-order chi connectivity index (χ1) is 8.90. The highest BCUT2D eigenvalue weighted by atomic mass is 127. The summed E-state index contributed by atoms with van der Waals surface area (Å²) in [5, 5.41) is 14.9. The SMILES string of the molecule is CC(C)NC(=O)CCNC(=O)c1ccc(I)c(O)c1. The number of hydrogen-bond donors (Lipinski definition) is 3. The van der Waals surface area contributed by atoms with E-state index in [1.165, 1.54) is 6.07 Å². The van der Waals surface area contributed by atoms with Crippen molar-refractivity contribution in [3.8, 4) is 5.75 Å². The molecular formula is C13H17IN2O3. The monoisotopic (exact) mass is 376 g/mol. The maximum absolute atomic E-state index is 11.8. The Hall–Kier alpha value is -1.31. The van der Waals surface area contributed by atoms with Gasteiger partial charge in [-0.05, 0) is 54.6 Å². The number of benzene rings is 1. The maximum atomic E-state index is 11.8. The number of halogens is 1. The highest BCUT2D eigenvalue weighted by molar-refractivity contribution is 14.1. The van der Waals surface area contributed by atoms with E-state index in [9.17, 15) is 14.7 Å². The lowest BCUT2D eigenvalue weighted by molar-refractivity contribution is -0.121. The summed E-state index contributed by atoms with van der Waals surface area (Å²) in [4.78, 5) is 23.1. The summed E-state index contributed by atoms with van der Waals surface area (Å²) in [7, 11) is 0. The smallest absolute Gasteiger partial charge is 0.251 e. The fraction of sp³-hybridized carbons (Fsp3) is 0.385. The van der Waals surface area contributed by atoms with Crippen LogP contribution in [0.3, 0.4) is 0 Å². The van der Waals surface area contributed by atoms with Crippen molar-refractivity contribution in [3.05, 3.63) is 27.3 Å². The summed E-state index contributed by atoms with van der Waals surface area (Å²) in [5.41, 5.74) is 0.377. The van der Waals surface area contributed by atoms with E-state index < -0.39 is 0 Å². The Morgan fingerprint density at radius 1 is 1.37 bits per heavy atom. The largest absolute Gasteiger partial charge is 0.507 e. The van der Waals surface area contributed by atoms with Gasteiger partial charge in [0.05, 0.1) is 3.57 Å². The Morgan fingerprint density at radius 2 is 2.05 bits per heavy atom. The van der Waals surface area contributed by atoms with Crippen molar-refractivity contribution in [2.24, 2.45) is 0 Å². The van der Waals surface area contributed by atoms with Gasteiger partial charge in [-0.1, -0.05) is 0 Å². The van der Waals surface area contributed by atoms with Crippen LogP contribution < -0.4 is 10.6 Å². The molecule has 0 aliphatic carbocycles. The number of rotatable bonds is 5. The van der Waals surface area contributed by atoms with Gasteiger partial charge in [-0.3, -0.25) is 9.59 Å². The zero-order valence-corrected chi connectivity index (χ0v) is 13.0. The van der Waals surface area contributed by atoms with Crippen molar-refractivity contribution in [3.63, 3.8) is 0 Å². The molecular weight excluding hydrogens is 359 g/mol. The Kier molecular flexibility index (Phi) is 6.07. The van der Waals surface area contributed by atoms with Crippen LogP contribution in [-0.4, -0.2) is 29.5 Å². The molecule has 0 saturated heterocycles. The Balaban J connectivity index is 2.43. The third-order valence-electron chi connectivity index (χ3n) is 2.30. The summed E-state index contributed by atoms with van der Waals surface area (Å²) >= 11 is 1.98. The minimum absolute atomic E-state index is 0.0748. The molecule has 0 aliphatic rings. The van der Waals surface area contributed by atoms with Crippen LogP contribution in [0.25, 0.3) is 0 Å². The normalized spacial score (nSPS) is 10.3. The van der Waals surface area contributed by atoms with Gasteiger partial charge >= 0.3 is 0 Å². The van der Waals surface area contributed by atoms with Gasteiger partial charge in [-0.2, -0.15) is 0 Å². The summed E-state index contributed by atoms with van der Waals surface area (Å²) in [6.45, 7) is 4.03. The van der Waals surface area contributed by atoms with Crippen molar-refractivity contribution in [1.29, 1.82) is 0 Å². The molecule has 0 atom stereocenters. The molecule has 2 amide bonds. The molecule has 0 fully saturated rings. The lowest BCUT2D eigenvalue weighted by Crippen LogP contribution is -2.34. The van der Waals surface area contributed by atoms with E-state index in [2.05, 4.69) is 10.6 Å². The Labute approximate surface area is 125 Å². The van der Waals surface area contributed by atoms with Crippen molar-refractivity contribution < 1.29 is 14.7 Å². The molecule has 0 aromatic heterocycles. The van der Waals surface area contributed by atoms with Gasteiger partial charge in [0.25, 0.3) is 5.91 Å². The minimum atomic E-state index is -0.302. The van der Waals surface area contributed by atoms with Crippen molar-refractivity contribution in [2.45, 2.75) is 26.3 Å². The van der Waals surface area contributed by atoms with Crippen molar-refractivity contribution >= 4 is 34.4 Å². The lowest BCUT2D eigenvalue weighted by Gasteiger charge is -2.09. The van der Waals surface area contributed by atoms with Crippen LogP contribution in [0.2, 0.25) is 0 Å². The van der Waals surface area contributed by atoms with E-state index in [0.29, 0.717) is 9.13 Å². The second-order valence-corrected chi connectivity index (χ2v) is 5.56. The average Bonchev–Trinajstić information content (AvgIpc) is 2.31. The number of phenolic OH excluding ortho intramolecular Hbond substituents is 1. The second kappa shape index (κ2) is 7.32. The van der Waals surface area contributed by atoms with E-state index in [0.717, 1.165) is 0 Å². The highest BCUT2D eigenvalue weighted by Gasteiger charge is 2.09. The summed E-state index contributed by atoms with van der Waals surface area (Å²) in [6, 6.07) is 4.79. The number of carbonyl (C=O) groups excluding carboxylic acids is 2. The number of phenols is 1. The van der Waals surface area contributed by atoms with Crippen LogP contribution in [0.5, 0.6) is 5.75 Å². The van der Waals surface area contributed by atoms with E-state index in [1.54, 1.807) is 12.1 Å². The first-order valence-electron chi connectivity index (χ1n) is 5.96. The third-order valence-corrected chi connectivity index (χ3v) is 3.21. The van der Waals surface area contributed by atoms with Crippen LogP contribution in [0.15, 0.2) is 18.2 Å². The van der Waals surface area contributed by atoms with Gasteiger partial charge in [0.1, 0.15) is 5.75 Å². The lowest BCUT2D eigenvalue weighted by atomic mass is 10.2. The maximum Gasteiger partial charge on any atom is 0.251 e. The highest BCUT2D eigenvalue weighted by Crippen LogP contribution is 2.20. The van der Waals surface area contributed by atoms with Crippen LogP contribution in [-0.2, 0) is 4.79 Å². The van der Waals surface area contributed by atoms with Gasteiger partial charge in [0.2, 0.25) is 5.91 Å². The molecule has 1 rings (SSSR count). The molecule has 1 aromatic rings. The molecule has 1 aromatic carbocycles. The van der Waals surface area contributed by atoms with Crippen LogP contribution in [0.4, 0.5) is 0 Å². The minimum Gasteiger partial charge on any atom is -0.507 e. The third kappa shape index (κ3) is 5.46. The number of hydrogen-bond acceptors (Lipinski definition) is 3. The number of carbonyl (C=O) groups is 2. The predicted octanol–water partition coefficient (Wildman–Crippen LogP) is 1.64. The molecule has 0 bridgehead atoms. The van der Waals surface area contributed by atoms with Crippen molar-refractivity contribution in [1.82, 2.24) is 10.6 Å². The van der Waals surface area contributed by atoms with Crippen LogP contribution in [0.1, 0.15) is 30.6 Å². The summed E-state index contributed by atoms with van der Waals surface area (Å²) < 4.78 is 0.686. The zero-order chi connectivity index (χ0) is 14.4. The molecule has 0 spiro atoms. The average molecular weight is 376 g/mol. The molecule has 104 valence electrons. The molecule has 5 nitrogen and oxygen atoms in total. The molecule has 6 heteroatoms. The molecule has 0 radical (unpaired) electrons. The van der Waals surface area contributed by atoms with Gasteiger partial charge in [-0.25, -0.2) is 0 Å². The van der Waals surface area contributed by atoms with E-state index in [-0.39, 0.29) is 36.6 Å². The number of amides is 2. The standard InChI is InChI=1S/C13H17IN2O3/c1-8(2)16-12(18)5-6-15-13(19)9-3-4-10(14)11(17)7-9/h3-4,7-8,17H,5-6H2,1-2H3,(H,15,19)(H,16,18). The summed E-state index contributed by atoms with van der Waals surface area (Å²) in [5.74, 6) is -0.324. The second-order valence-electron chi connectivity index (χ2n) is 4.39. The first kappa shape index (κ1) is 15.7. The van der Waals surface area contributed by atoms with E-state index in [4.69, 9.17) is 0 Å². The molecule has 0 saturated carbocycles. The molecule has 0 unspecified atom stereocenters. The summed E-state index contributed by atoms with van der Waals surface area (Å²) in [6.07, 6.45) is 0.236. The Morgan fingerprint density at radius 3 is 2.63 bits per heavy atom. The van der Waals surface area contributed by atoms with Crippen LogP contribution >= 0.6 is 22.6 Å². The molecule has 19 heavy (non-hydrogen) atoms. The quantitative estimate of drug-likeness (QED) is 0.684. The van der Waals surface area contributed by atoms with Gasteiger partial charge < -0.3 is 15.7 Å². The molecule has 0 heterocycles. The zero-order valence-electron chi connectivity index (χ0n) is 10.9. The van der Waals surface area contributed by atoms with Crippen molar-refractivity contribution in [2.75, 3.05) is 6.54 Å². The number of nitrogens with one attached hydrogen (secondary N) is 2. The number of aromatic hydroxyl groups is 1. The van der Waals surface area contributed by atoms with Gasteiger partial charge in [-0.15, -0.1) is 0 Å². The predicted molar refractivity (Wildman–Crippen MR) is 81.1 cm³/mol. The van der Waals surface area contributed by atoms with Gasteiger partial charge in [0.15, 0.2) is 0 Å². The van der Waals surface area contributed by atoms with Crippen LogP contribution in [0, 0.1) is 3.57 Å². The molecule has 0 aliphatic heterocycles. The van der Waals surface area contributed by atoms with E-state index >= 15 is 0 Å². The fourth-order valence-electron chi connectivity index (χ4n) is 1.44. The fourth-order valence-corrected chi connectivity index (χ4v) is 1.78. The molecule has 3 N–H and O–H groups in total. The van der Waals surface area contributed by atoms with E-state index in [1.807, 2.05) is 36.4 Å². The first-order valence-corrected chi connectivity index (χ1v) is 7.04.